The predicted molar refractivity (Wildman–Crippen MR) is 93.7 cm³/mol. The van der Waals surface area contributed by atoms with E-state index in [1.54, 1.807) is 4.68 Å². The Morgan fingerprint density at radius 2 is 2.13 bits per heavy atom. The Bertz CT molecular complexity index is 499. The minimum Gasteiger partial charge on any atom is -0.353 e. The summed E-state index contributed by atoms with van der Waals surface area (Å²) in [4.78, 5) is 11.8. The van der Waals surface area contributed by atoms with Gasteiger partial charge in [-0.05, 0) is 25.7 Å². The van der Waals surface area contributed by atoms with Crippen molar-refractivity contribution >= 4 is 17.7 Å². The van der Waals surface area contributed by atoms with Gasteiger partial charge >= 0.3 is 0 Å². The van der Waals surface area contributed by atoms with Gasteiger partial charge < -0.3 is 11.2 Å². The topological polar surface area (TPSA) is 85.8 Å². The first-order chi connectivity index (χ1) is 11.1. The highest BCUT2D eigenvalue weighted by atomic mass is 32.2. The van der Waals surface area contributed by atoms with E-state index in [-0.39, 0.29) is 11.9 Å². The molecule has 1 aliphatic rings. The molecule has 7 heteroatoms. The third-order valence-corrected chi connectivity index (χ3v) is 5.53. The van der Waals surface area contributed by atoms with Crippen LogP contribution in [0.5, 0.6) is 0 Å². The molecule has 0 aromatic carbocycles. The molecule has 0 bridgehead atoms. The molecular formula is C16H29N5OS. The molecule has 1 aliphatic carbocycles. The molecule has 0 aliphatic heterocycles. The van der Waals surface area contributed by atoms with Gasteiger partial charge in [0.2, 0.25) is 11.1 Å². The van der Waals surface area contributed by atoms with Crippen LogP contribution in [0.3, 0.4) is 0 Å². The van der Waals surface area contributed by atoms with Crippen molar-refractivity contribution < 1.29 is 4.79 Å². The summed E-state index contributed by atoms with van der Waals surface area (Å²) in [5, 5.41) is 11.9. The summed E-state index contributed by atoms with van der Waals surface area (Å²) in [6.45, 7) is 4.05. The minimum absolute atomic E-state index is 0.0103. The molecular weight excluding hydrogens is 310 g/mol. The van der Waals surface area contributed by atoms with Gasteiger partial charge in [0.05, 0.1) is 5.75 Å². The summed E-state index contributed by atoms with van der Waals surface area (Å²) >= 11 is 1.34. The maximum absolute atomic E-state index is 11.8. The van der Waals surface area contributed by atoms with Crippen molar-refractivity contribution in [3.8, 4) is 0 Å². The molecule has 2 rings (SSSR count). The summed E-state index contributed by atoms with van der Waals surface area (Å²) in [7, 11) is 0. The fraction of sp³-hybridized carbons (Fsp3) is 0.812. The van der Waals surface area contributed by atoms with Crippen LogP contribution in [0.25, 0.3) is 0 Å². The number of aromatic nitrogens is 3. The van der Waals surface area contributed by atoms with E-state index in [1.165, 1.54) is 43.9 Å². The average Bonchev–Trinajstić information content (AvgIpc) is 2.92. The molecule has 0 spiro atoms. The van der Waals surface area contributed by atoms with E-state index in [0.29, 0.717) is 10.9 Å². The Kier molecular flexibility index (Phi) is 7.20. The van der Waals surface area contributed by atoms with Gasteiger partial charge in [0.1, 0.15) is 0 Å². The fourth-order valence-corrected chi connectivity index (χ4v) is 3.62. The van der Waals surface area contributed by atoms with Gasteiger partial charge in [0.15, 0.2) is 5.82 Å². The molecule has 1 saturated carbocycles. The second kappa shape index (κ2) is 9.15. The number of rotatable bonds is 8. The van der Waals surface area contributed by atoms with E-state index in [9.17, 15) is 4.79 Å². The summed E-state index contributed by atoms with van der Waals surface area (Å²) in [5.41, 5.74) is 0. The first-order valence-corrected chi connectivity index (χ1v) is 9.70. The van der Waals surface area contributed by atoms with E-state index < -0.39 is 0 Å². The number of amides is 1. The number of nitrogens with two attached hydrogens (primary N) is 1. The van der Waals surface area contributed by atoms with Gasteiger partial charge in [-0.15, -0.1) is 10.2 Å². The number of carbonyl (C=O) groups is 1. The molecule has 1 aromatic heterocycles. The summed E-state index contributed by atoms with van der Waals surface area (Å²) in [5.74, 6) is 8.03. The smallest absolute Gasteiger partial charge is 0.230 e. The molecule has 0 saturated heterocycles. The number of nitrogen functional groups attached to an aromatic ring is 1. The quantitative estimate of drug-likeness (QED) is 0.561. The highest BCUT2D eigenvalue weighted by Gasteiger charge is 2.17. The van der Waals surface area contributed by atoms with E-state index in [1.807, 2.05) is 13.8 Å². The molecule has 23 heavy (non-hydrogen) atoms. The van der Waals surface area contributed by atoms with Gasteiger partial charge in [0.25, 0.3) is 0 Å². The van der Waals surface area contributed by atoms with Crippen molar-refractivity contribution in [3.05, 3.63) is 5.82 Å². The monoisotopic (exact) mass is 339 g/mol. The normalized spacial score (nSPS) is 17.1. The number of nitrogens with one attached hydrogen (secondary N) is 1. The lowest BCUT2D eigenvalue weighted by molar-refractivity contribution is -0.119. The van der Waals surface area contributed by atoms with Gasteiger partial charge in [-0.2, -0.15) is 0 Å². The zero-order valence-electron chi connectivity index (χ0n) is 14.3. The Labute approximate surface area is 143 Å². The largest absolute Gasteiger partial charge is 0.353 e. The van der Waals surface area contributed by atoms with E-state index in [4.69, 9.17) is 5.84 Å². The molecule has 3 N–H and O–H groups in total. The van der Waals surface area contributed by atoms with Crippen LogP contribution in [0.4, 0.5) is 0 Å². The lowest BCUT2D eigenvalue weighted by atomic mass is 9.86. The molecule has 1 fully saturated rings. The highest BCUT2D eigenvalue weighted by Crippen LogP contribution is 2.27. The average molecular weight is 340 g/mol. The van der Waals surface area contributed by atoms with Crippen LogP contribution in [-0.4, -0.2) is 32.6 Å². The maximum atomic E-state index is 11.8. The Hall–Kier alpha value is -1.24. The van der Waals surface area contributed by atoms with Gasteiger partial charge in [0, 0.05) is 12.5 Å². The maximum Gasteiger partial charge on any atom is 0.230 e. The first-order valence-electron chi connectivity index (χ1n) is 8.71. The van der Waals surface area contributed by atoms with Crippen LogP contribution in [-0.2, 0) is 11.2 Å². The highest BCUT2D eigenvalue weighted by molar-refractivity contribution is 7.99. The molecule has 1 aromatic rings. The van der Waals surface area contributed by atoms with Crippen LogP contribution in [0.1, 0.15) is 64.6 Å². The number of thioether (sulfide) groups is 1. The van der Waals surface area contributed by atoms with E-state index in [0.717, 1.165) is 31.0 Å². The van der Waals surface area contributed by atoms with Crippen molar-refractivity contribution in [3.63, 3.8) is 0 Å². The third kappa shape index (κ3) is 5.71. The van der Waals surface area contributed by atoms with Crippen LogP contribution < -0.4 is 11.2 Å². The third-order valence-electron chi connectivity index (χ3n) is 4.59. The van der Waals surface area contributed by atoms with Gasteiger partial charge in [-0.3, -0.25) is 4.79 Å². The zero-order chi connectivity index (χ0) is 16.7. The Morgan fingerprint density at radius 3 is 2.83 bits per heavy atom. The summed E-state index contributed by atoms with van der Waals surface area (Å²) in [6, 6.07) is 0.199. The molecule has 1 unspecified atom stereocenters. The van der Waals surface area contributed by atoms with Crippen molar-refractivity contribution in [2.45, 2.75) is 76.4 Å². The first kappa shape index (κ1) is 18.1. The molecule has 0 radical (unpaired) electrons. The van der Waals surface area contributed by atoms with Crippen LogP contribution in [0, 0.1) is 5.92 Å². The van der Waals surface area contributed by atoms with Gasteiger partial charge in [-0.1, -0.05) is 50.8 Å². The van der Waals surface area contributed by atoms with E-state index in [2.05, 4.69) is 15.5 Å². The molecule has 6 nitrogen and oxygen atoms in total. The molecule has 1 amide bonds. The van der Waals surface area contributed by atoms with Crippen molar-refractivity contribution in [2.24, 2.45) is 5.92 Å². The van der Waals surface area contributed by atoms with Crippen molar-refractivity contribution in [1.29, 1.82) is 0 Å². The minimum atomic E-state index is 0.0103. The number of nitrogens with zero attached hydrogens (tertiary/aromatic N) is 3. The standard InChI is InChI=1S/C16H29N5OS/c1-3-12(2)18-15(22)11-23-16-20-19-14(21(16)17)10-9-13-7-5-4-6-8-13/h12-13H,3-11,17H2,1-2H3,(H,18,22). The lowest BCUT2D eigenvalue weighted by Crippen LogP contribution is -2.33. The summed E-state index contributed by atoms with van der Waals surface area (Å²) < 4.78 is 1.55. The van der Waals surface area contributed by atoms with Crippen LogP contribution >= 0.6 is 11.8 Å². The molecule has 130 valence electrons. The second-order valence-corrected chi connectivity index (χ2v) is 7.42. The van der Waals surface area contributed by atoms with E-state index >= 15 is 0 Å². The van der Waals surface area contributed by atoms with Crippen molar-refractivity contribution in [1.82, 2.24) is 20.2 Å². The number of aryl methyl sites for hydroxylation is 1. The number of carbonyl (C=O) groups excluding carboxylic acids is 1. The van der Waals surface area contributed by atoms with Gasteiger partial charge in [-0.25, -0.2) is 4.68 Å². The lowest BCUT2D eigenvalue weighted by Gasteiger charge is -2.20. The second-order valence-electron chi connectivity index (χ2n) is 6.48. The van der Waals surface area contributed by atoms with Crippen molar-refractivity contribution in [2.75, 3.05) is 11.6 Å². The molecule has 1 atom stereocenters. The zero-order valence-corrected chi connectivity index (χ0v) is 15.1. The van der Waals surface area contributed by atoms with Crippen LogP contribution in [0.2, 0.25) is 0 Å². The van der Waals surface area contributed by atoms with Crippen LogP contribution in [0.15, 0.2) is 5.16 Å². The predicted octanol–water partition coefficient (Wildman–Crippen LogP) is 2.51. The SMILES string of the molecule is CCC(C)NC(=O)CSc1nnc(CCC2CCCCC2)n1N. The Balaban J connectivity index is 1.78. The number of hydrogen-bond donors (Lipinski definition) is 2. The fourth-order valence-electron chi connectivity index (χ4n) is 2.93. The Morgan fingerprint density at radius 1 is 1.39 bits per heavy atom. The molecule has 1 heterocycles. The number of hydrogen-bond acceptors (Lipinski definition) is 5. The summed E-state index contributed by atoms with van der Waals surface area (Å²) in [6.07, 6.45) is 9.67.